The number of unbranched alkanes of at least 4 members (excludes halogenated alkanes) is 1. The van der Waals surface area contributed by atoms with Gasteiger partial charge in [0.1, 0.15) is 5.82 Å². The van der Waals surface area contributed by atoms with Gasteiger partial charge in [-0.2, -0.15) is 0 Å². The lowest BCUT2D eigenvalue weighted by atomic mass is 10.2. The van der Waals surface area contributed by atoms with Crippen molar-refractivity contribution < 1.29 is 4.79 Å². The lowest BCUT2D eigenvalue weighted by Crippen LogP contribution is -2.11. The number of benzene rings is 1. The number of aromatic nitrogens is 2. The largest absolute Gasteiger partial charge is 0.370 e. The van der Waals surface area contributed by atoms with Gasteiger partial charge in [0.2, 0.25) is 5.91 Å². The van der Waals surface area contributed by atoms with Crippen LogP contribution in [0.25, 0.3) is 11.0 Å². The maximum Gasteiger partial charge on any atom is 0.217 e. The molecule has 0 unspecified atom stereocenters. The summed E-state index contributed by atoms with van der Waals surface area (Å²) >= 11 is 8.14. The van der Waals surface area contributed by atoms with Crippen LogP contribution in [0.2, 0.25) is 0 Å². The Morgan fingerprint density at radius 2 is 2.20 bits per heavy atom. The maximum absolute atomic E-state index is 10.8. The van der Waals surface area contributed by atoms with E-state index in [0.29, 0.717) is 12.3 Å². The molecule has 0 saturated carbocycles. The molecule has 6 heteroatoms. The van der Waals surface area contributed by atoms with Crippen LogP contribution in [-0.2, 0) is 17.8 Å². The lowest BCUT2D eigenvalue weighted by molar-refractivity contribution is -0.118. The van der Waals surface area contributed by atoms with Gasteiger partial charge in [-0.1, -0.05) is 0 Å². The van der Waals surface area contributed by atoms with E-state index in [0.717, 1.165) is 42.7 Å². The molecule has 0 aliphatic heterocycles. The van der Waals surface area contributed by atoms with E-state index < -0.39 is 0 Å². The molecule has 0 spiro atoms. The van der Waals surface area contributed by atoms with Crippen molar-refractivity contribution in [3.05, 3.63) is 27.6 Å². The van der Waals surface area contributed by atoms with Crippen molar-refractivity contribution in [3.63, 3.8) is 0 Å². The van der Waals surface area contributed by atoms with Crippen LogP contribution in [0, 0.1) is 3.57 Å². The number of imidazole rings is 1. The zero-order valence-electron chi connectivity index (χ0n) is 11.1. The number of hydrogen-bond donors (Lipinski definition) is 1. The topological polar surface area (TPSA) is 60.9 Å². The van der Waals surface area contributed by atoms with Crippen molar-refractivity contribution in [3.8, 4) is 0 Å². The average molecular weight is 406 g/mol. The Balaban J connectivity index is 2.19. The monoisotopic (exact) mass is 405 g/mol. The number of hydrogen-bond acceptors (Lipinski definition) is 2. The molecule has 0 saturated heterocycles. The standard InChI is InChI=1S/C14H17ClIN3O/c15-7-6-14-18-11-9-10(16)4-5-12(11)19(14)8-2-1-3-13(17)20/h4-5,9H,1-3,6-8H2,(H2,17,20). The number of carbonyl (C=O) groups excluding carboxylic acids is 1. The molecule has 0 fully saturated rings. The Morgan fingerprint density at radius 3 is 2.90 bits per heavy atom. The second kappa shape index (κ2) is 7.26. The molecule has 0 radical (unpaired) electrons. The van der Waals surface area contributed by atoms with E-state index >= 15 is 0 Å². The van der Waals surface area contributed by atoms with Gasteiger partial charge in [-0.15, -0.1) is 11.6 Å². The second-order valence-electron chi connectivity index (χ2n) is 4.68. The summed E-state index contributed by atoms with van der Waals surface area (Å²) in [7, 11) is 0. The number of halogens is 2. The van der Waals surface area contributed by atoms with Gasteiger partial charge < -0.3 is 10.3 Å². The molecular formula is C14H17ClIN3O. The first-order chi connectivity index (χ1) is 9.61. The summed E-state index contributed by atoms with van der Waals surface area (Å²) in [6.45, 7) is 0.844. The third-order valence-electron chi connectivity index (χ3n) is 3.16. The number of nitrogens with zero attached hydrogens (tertiary/aromatic N) is 2. The molecule has 2 N–H and O–H groups in total. The highest BCUT2D eigenvalue weighted by atomic mass is 127. The number of aryl methyl sites for hydroxylation is 2. The van der Waals surface area contributed by atoms with E-state index in [1.165, 1.54) is 3.57 Å². The zero-order chi connectivity index (χ0) is 14.5. The first kappa shape index (κ1) is 15.6. The van der Waals surface area contributed by atoms with Crippen LogP contribution in [0.3, 0.4) is 0 Å². The smallest absolute Gasteiger partial charge is 0.217 e. The van der Waals surface area contributed by atoms with Gasteiger partial charge in [0, 0.05) is 28.8 Å². The Hall–Kier alpha value is -0.820. The van der Waals surface area contributed by atoms with Crippen LogP contribution < -0.4 is 5.73 Å². The minimum absolute atomic E-state index is 0.240. The molecule has 108 valence electrons. The van der Waals surface area contributed by atoms with E-state index in [2.05, 4.69) is 50.3 Å². The van der Waals surface area contributed by atoms with E-state index in [1.54, 1.807) is 0 Å². The number of amides is 1. The summed E-state index contributed by atoms with van der Waals surface area (Å²) in [5, 5.41) is 0. The molecule has 20 heavy (non-hydrogen) atoms. The predicted octanol–water partition coefficient (Wildman–Crippen LogP) is 3.08. The normalized spacial score (nSPS) is 11.1. The van der Waals surface area contributed by atoms with Gasteiger partial charge in [0.05, 0.1) is 11.0 Å². The van der Waals surface area contributed by atoms with Gasteiger partial charge in [0.25, 0.3) is 0 Å². The summed E-state index contributed by atoms with van der Waals surface area (Å²) in [6, 6.07) is 6.25. The lowest BCUT2D eigenvalue weighted by Gasteiger charge is -2.08. The minimum Gasteiger partial charge on any atom is -0.370 e. The van der Waals surface area contributed by atoms with Crippen molar-refractivity contribution in [2.45, 2.75) is 32.2 Å². The highest BCUT2D eigenvalue weighted by molar-refractivity contribution is 14.1. The number of rotatable bonds is 7. The molecule has 0 atom stereocenters. The van der Waals surface area contributed by atoms with Crippen LogP contribution in [-0.4, -0.2) is 21.3 Å². The molecule has 2 aromatic rings. The fraction of sp³-hybridized carbons (Fsp3) is 0.429. The van der Waals surface area contributed by atoms with Crippen LogP contribution >= 0.6 is 34.2 Å². The third kappa shape index (κ3) is 3.85. The highest BCUT2D eigenvalue weighted by Gasteiger charge is 2.10. The molecule has 0 bridgehead atoms. The highest BCUT2D eigenvalue weighted by Crippen LogP contribution is 2.20. The first-order valence-corrected chi connectivity index (χ1v) is 8.22. The first-order valence-electron chi connectivity index (χ1n) is 6.60. The molecule has 1 aromatic heterocycles. The Bertz CT molecular complexity index is 612. The van der Waals surface area contributed by atoms with Crippen LogP contribution in [0.1, 0.15) is 25.1 Å². The molecule has 0 aliphatic carbocycles. The van der Waals surface area contributed by atoms with E-state index in [9.17, 15) is 4.79 Å². The number of fused-ring (bicyclic) bond motifs is 1. The number of nitrogens with two attached hydrogens (primary N) is 1. The molecule has 0 aliphatic rings. The Morgan fingerprint density at radius 1 is 1.40 bits per heavy atom. The summed E-state index contributed by atoms with van der Waals surface area (Å²) in [5.74, 6) is 1.33. The molecule has 1 heterocycles. The van der Waals surface area contributed by atoms with Gasteiger partial charge in [0.15, 0.2) is 0 Å². The van der Waals surface area contributed by atoms with Gasteiger partial charge in [-0.25, -0.2) is 4.98 Å². The molecule has 4 nitrogen and oxygen atoms in total. The van der Waals surface area contributed by atoms with E-state index in [4.69, 9.17) is 17.3 Å². The average Bonchev–Trinajstić information content (AvgIpc) is 2.72. The molecule has 2 rings (SSSR count). The SMILES string of the molecule is NC(=O)CCCCn1c(CCCl)nc2cc(I)ccc21. The van der Waals surface area contributed by atoms with Gasteiger partial charge >= 0.3 is 0 Å². The van der Waals surface area contributed by atoms with Crippen molar-refractivity contribution in [1.29, 1.82) is 0 Å². The van der Waals surface area contributed by atoms with E-state index in [1.807, 2.05) is 0 Å². The van der Waals surface area contributed by atoms with Crippen molar-refractivity contribution in [2.24, 2.45) is 5.73 Å². The zero-order valence-corrected chi connectivity index (χ0v) is 14.0. The van der Waals surface area contributed by atoms with Crippen molar-refractivity contribution >= 4 is 51.1 Å². The van der Waals surface area contributed by atoms with Crippen molar-refractivity contribution in [2.75, 3.05) is 5.88 Å². The predicted molar refractivity (Wildman–Crippen MR) is 89.9 cm³/mol. The van der Waals surface area contributed by atoms with Crippen LogP contribution in [0.4, 0.5) is 0 Å². The molecular weight excluding hydrogens is 389 g/mol. The van der Waals surface area contributed by atoms with Crippen LogP contribution in [0.5, 0.6) is 0 Å². The Labute approximate surface area is 136 Å². The maximum atomic E-state index is 10.8. The van der Waals surface area contributed by atoms with Crippen LogP contribution in [0.15, 0.2) is 18.2 Å². The summed E-state index contributed by atoms with van der Waals surface area (Å²) in [4.78, 5) is 15.4. The molecule has 1 aromatic carbocycles. The minimum atomic E-state index is -0.240. The van der Waals surface area contributed by atoms with Gasteiger partial charge in [-0.3, -0.25) is 4.79 Å². The number of carbonyl (C=O) groups is 1. The fourth-order valence-corrected chi connectivity index (χ4v) is 2.89. The quantitative estimate of drug-likeness (QED) is 0.437. The summed E-state index contributed by atoms with van der Waals surface area (Å²) in [5.41, 5.74) is 7.30. The van der Waals surface area contributed by atoms with Crippen molar-refractivity contribution in [1.82, 2.24) is 9.55 Å². The fourth-order valence-electron chi connectivity index (χ4n) is 2.25. The summed E-state index contributed by atoms with van der Waals surface area (Å²) < 4.78 is 3.38. The summed E-state index contributed by atoms with van der Waals surface area (Å²) in [6.07, 6.45) is 2.91. The third-order valence-corrected chi connectivity index (χ3v) is 4.02. The van der Waals surface area contributed by atoms with Gasteiger partial charge in [-0.05, 0) is 53.6 Å². The Kier molecular flexibility index (Phi) is 5.65. The van der Waals surface area contributed by atoms with E-state index in [-0.39, 0.29) is 5.91 Å². The second-order valence-corrected chi connectivity index (χ2v) is 6.30. The molecule has 1 amide bonds. The number of primary amides is 1. The number of alkyl halides is 1.